The first-order valence-corrected chi connectivity index (χ1v) is 7.39. The zero-order chi connectivity index (χ0) is 17.0. The molecule has 2 rings (SSSR count). The Labute approximate surface area is 135 Å². The minimum Gasteiger partial charge on any atom is -0.497 e. The second kappa shape index (κ2) is 7.17. The van der Waals surface area contributed by atoms with E-state index in [4.69, 9.17) is 14.0 Å². The van der Waals surface area contributed by atoms with Crippen molar-refractivity contribution in [1.82, 2.24) is 10.5 Å². The Balaban J connectivity index is 2.09. The number of benzene rings is 1. The number of carbonyl (C=O) groups is 1. The summed E-state index contributed by atoms with van der Waals surface area (Å²) in [6.45, 7) is 5.54. The molecule has 1 aromatic carbocycles. The van der Waals surface area contributed by atoms with Crippen LogP contribution in [0.5, 0.6) is 11.5 Å². The van der Waals surface area contributed by atoms with Crippen molar-refractivity contribution in [3.63, 3.8) is 0 Å². The lowest BCUT2D eigenvalue weighted by Crippen LogP contribution is -2.28. The molecule has 0 aliphatic heterocycles. The SMILES string of the molecule is COc1ccc(C(C)NC(=O)Cc2c(C)noc2C)c(OC)c1. The molecule has 0 radical (unpaired) electrons. The van der Waals surface area contributed by atoms with Gasteiger partial charge in [-0.2, -0.15) is 0 Å². The lowest BCUT2D eigenvalue weighted by Gasteiger charge is -2.18. The second-order valence-corrected chi connectivity index (χ2v) is 5.38. The van der Waals surface area contributed by atoms with Crippen LogP contribution in [0.4, 0.5) is 0 Å². The second-order valence-electron chi connectivity index (χ2n) is 5.38. The van der Waals surface area contributed by atoms with E-state index in [1.54, 1.807) is 27.2 Å². The van der Waals surface area contributed by atoms with Gasteiger partial charge >= 0.3 is 0 Å². The van der Waals surface area contributed by atoms with E-state index >= 15 is 0 Å². The third-order valence-electron chi connectivity index (χ3n) is 3.80. The molecule has 1 atom stereocenters. The maximum absolute atomic E-state index is 12.3. The molecule has 2 aromatic rings. The van der Waals surface area contributed by atoms with Crippen LogP contribution in [0.2, 0.25) is 0 Å². The van der Waals surface area contributed by atoms with Crippen molar-refractivity contribution in [2.24, 2.45) is 0 Å². The molecular weight excluding hydrogens is 296 g/mol. The number of amides is 1. The summed E-state index contributed by atoms with van der Waals surface area (Å²) in [6.07, 6.45) is 0.240. The summed E-state index contributed by atoms with van der Waals surface area (Å²) in [5, 5.41) is 6.84. The smallest absolute Gasteiger partial charge is 0.225 e. The van der Waals surface area contributed by atoms with Crippen LogP contribution in [0.3, 0.4) is 0 Å². The van der Waals surface area contributed by atoms with Crippen molar-refractivity contribution in [1.29, 1.82) is 0 Å². The molecule has 0 saturated carbocycles. The number of aryl methyl sites for hydroxylation is 2. The number of nitrogens with one attached hydrogen (secondary N) is 1. The standard InChI is InChI=1S/C17H22N2O4/c1-10(14-7-6-13(21-4)8-16(14)22-5)18-17(20)9-15-11(2)19-23-12(15)3/h6-8,10H,9H2,1-5H3,(H,18,20). The number of methoxy groups -OCH3 is 2. The Kier molecular flexibility index (Phi) is 5.26. The molecule has 124 valence electrons. The molecule has 0 aliphatic rings. The van der Waals surface area contributed by atoms with Gasteiger partial charge in [-0.05, 0) is 32.9 Å². The number of aromatic nitrogens is 1. The maximum atomic E-state index is 12.3. The van der Waals surface area contributed by atoms with Gasteiger partial charge in [0, 0.05) is 17.2 Å². The summed E-state index contributed by atoms with van der Waals surface area (Å²) >= 11 is 0. The number of carbonyl (C=O) groups excluding carboxylic acids is 1. The van der Waals surface area contributed by atoms with Gasteiger partial charge in [0.15, 0.2) is 0 Å². The monoisotopic (exact) mass is 318 g/mol. The highest BCUT2D eigenvalue weighted by Gasteiger charge is 2.18. The summed E-state index contributed by atoms with van der Waals surface area (Å²) in [5.41, 5.74) is 2.46. The van der Waals surface area contributed by atoms with E-state index in [9.17, 15) is 4.79 Å². The molecule has 1 heterocycles. The Morgan fingerprint density at radius 1 is 1.30 bits per heavy atom. The topological polar surface area (TPSA) is 73.6 Å². The molecule has 6 heteroatoms. The molecule has 0 spiro atoms. The summed E-state index contributed by atoms with van der Waals surface area (Å²) < 4.78 is 15.6. The third-order valence-corrected chi connectivity index (χ3v) is 3.80. The fourth-order valence-electron chi connectivity index (χ4n) is 2.46. The fourth-order valence-corrected chi connectivity index (χ4v) is 2.46. The van der Waals surface area contributed by atoms with Gasteiger partial charge in [-0.25, -0.2) is 0 Å². The van der Waals surface area contributed by atoms with Crippen LogP contribution in [-0.2, 0) is 11.2 Å². The molecule has 6 nitrogen and oxygen atoms in total. The van der Waals surface area contributed by atoms with Crippen molar-refractivity contribution in [3.05, 3.63) is 40.8 Å². The zero-order valence-corrected chi connectivity index (χ0v) is 14.1. The Hall–Kier alpha value is -2.50. The van der Waals surface area contributed by atoms with Crippen LogP contribution in [0.1, 0.15) is 35.5 Å². The molecule has 23 heavy (non-hydrogen) atoms. The number of ether oxygens (including phenoxy) is 2. The van der Waals surface area contributed by atoms with Gasteiger partial charge in [0.1, 0.15) is 17.3 Å². The normalized spacial score (nSPS) is 11.9. The number of hydrogen-bond acceptors (Lipinski definition) is 5. The van der Waals surface area contributed by atoms with E-state index in [1.165, 1.54) is 0 Å². The largest absolute Gasteiger partial charge is 0.497 e. The fraction of sp³-hybridized carbons (Fsp3) is 0.412. The minimum absolute atomic E-state index is 0.0928. The predicted octanol–water partition coefficient (Wildman–Crippen LogP) is 2.73. The summed E-state index contributed by atoms with van der Waals surface area (Å²) in [7, 11) is 3.19. The number of nitrogens with zero attached hydrogens (tertiary/aromatic N) is 1. The van der Waals surface area contributed by atoms with E-state index < -0.39 is 0 Å². The average Bonchev–Trinajstić information content (AvgIpc) is 2.85. The van der Waals surface area contributed by atoms with Crippen LogP contribution in [0.15, 0.2) is 22.7 Å². The van der Waals surface area contributed by atoms with Crippen molar-refractivity contribution in [2.75, 3.05) is 14.2 Å². The molecule has 0 saturated heterocycles. The van der Waals surface area contributed by atoms with Crippen LogP contribution in [-0.4, -0.2) is 25.3 Å². The highest BCUT2D eigenvalue weighted by molar-refractivity contribution is 5.79. The molecule has 0 aliphatic carbocycles. The van der Waals surface area contributed by atoms with Crippen molar-refractivity contribution < 1.29 is 18.8 Å². The van der Waals surface area contributed by atoms with Gasteiger partial charge in [0.05, 0.1) is 32.4 Å². The number of rotatable bonds is 6. The van der Waals surface area contributed by atoms with Gasteiger partial charge in [-0.15, -0.1) is 0 Å². The summed E-state index contributed by atoms with van der Waals surface area (Å²) in [5.74, 6) is 1.96. The van der Waals surface area contributed by atoms with Crippen molar-refractivity contribution >= 4 is 5.91 Å². The van der Waals surface area contributed by atoms with Gasteiger partial charge in [0.2, 0.25) is 5.91 Å². The summed E-state index contributed by atoms with van der Waals surface area (Å²) in [4.78, 5) is 12.3. The van der Waals surface area contributed by atoms with E-state index in [1.807, 2.05) is 26.0 Å². The van der Waals surface area contributed by atoms with E-state index in [0.29, 0.717) is 17.3 Å². The lowest BCUT2D eigenvalue weighted by atomic mass is 10.1. The van der Waals surface area contributed by atoms with E-state index in [-0.39, 0.29) is 18.4 Å². The lowest BCUT2D eigenvalue weighted by molar-refractivity contribution is -0.121. The zero-order valence-electron chi connectivity index (χ0n) is 14.1. The van der Waals surface area contributed by atoms with E-state index in [2.05, 4.69) is 10.5 Å². The average molecular weight is 318 g/mol. The maximum Gasteiger partial charge on any atom is 0.225 e. The first kappa shape index (κ1) is 16.9. The van der Waals surface area contributed by atoms with Crippen LogP contribution >= 0.6 is 0 Å². The molecule has 1 N–H and O–H groups in total. The summed E-state index contributed by atoms with van der Waals surface area (Å²) in [6, 6.07) is 5.34. The highest BCUT2D eigenvalue weighted by atomic mass is 16.5. The molecule has 0 bridgehead atoms. The van der Waals surface area contributed by atoms with Crippen LogP contribution < -0.4 is 14.8 Å². The van der Waals surface area contributed by atoms with Gasteiger partial charge in [-0.3, -0.25) is 4.79 Å². The van der Waals surface area contributed by atoms with Gasteiger partial charge in [-0.1, -0.05) is 5.16 Å². The van der Waals surface area contributed by atoms with Crippen molar-refractivity contribution in [3.8, 4) is 11.5 Å². The third kappa shape index (κ3) is 3.83. The Morgan fingerprint density at radius 3 is 2.61 bits per heavy atom. The number of hydrogen-bond donors (Lipinski definition) is 1. The van der Waals surface area contributed by atoms with Crippen LogP contribution in [0.25, 0.3) is 0 Å². The minimum atomic E-state index is -0.191. The quantitative estimate of drug-likeness (QED) is 0.886. The molecule has 1 aromatic heterocycles. The van der Waals surface area contributed by atoms with Gasteiger partial charge < -0.3 is 19.3 Å². The highest BCUT2D eigenvalue weighted by Crippen LogP contribution is 2.29. The van der Waals surface area contributed by atoms with Gasteiger partial charge in [0.25, 0.3) is 0 Å². The van der Waals surface area contributed by atoms with Crippen LogP contribution in [0, 0.1) is 13.8 Å². The molecule has 0 fully saturated rings. The molecule has 1 amide bonds. The Morgan fingerprint density at radius 2 is 2.04 bits per heavy atom. The predicted molar refractivity (Wildman–Crippen MR) is 85.8 cm³/mol. The molecular formula is C17H22N2O4. The Bertz CT molecular complexity index is 674. The van der Waals surface area contributed by atoms with E-state index in [0.717, 1.165) is 16.8 Å². The first-order chi connectivity index (χ1) is 11.0. The first-order valence-electron chi connectivity index (χ1n) is 7.39. The van der Waals surface area contributed by atoms with Crippen molar-refractivity contribution in [2.45, 2.75) is 33.2 Å². The molecule has 1 unspecified atom stereocenters.